The minimum atomic E-state index is -0.0614. The molecule has 5 nitrogen and oxygen atoms in total. The van der Waals surface area contributed by atoms with Crippen LogP contribution >= 0.6 is 0 Å². The van der Waals surface area contributed by atoms with Crippen molar-refractivity contribution < 1.29 is 4.79 Å². The third-order valence-electron chi connectivity index (χ3n) is 3.44. The minimum Gasteiger partial charge on any atom is -0.310 e. The summed E-state index contributed by atoms with van der Waals surface area (Å²) in [5.41, 5.74) is 3.92. The molecule has 0 bridgehead atoms. The van der Waals surface area contributed by atoms with E-state index in [1.807, 2.05) is 44.5 Å². The first kappa shape index (κ1) is 14.2. The van der Waals surface area contributed by atoms with Crippen LogP contribution in [-0.4, -0.2) is 20.7 Å². The van der Waals surface area contributed by atoms with Gasteiger partial charge in [-0.2, -0.15) is 5.10 Å². The number of carbonyl (C=O) groups excluding carboxylic acids is 1. The average molecular weight is 272 g/mol. The number of nitrogens with one attached hydrogen (secondary N) is 1. The van der Waals surface area contributed by atoms with E-state index in [4.69, 9.17) is 0 Å². The number of hydrogen-bond donors (Lipinski definition) is 1. The van der Waals surface area contributed by atoms with Crippen LogP contribution in [0.1, 0.15) is 29.4 Å². The Morgan fingerprint density at radius 2 is 2.10 bits per heavy atom. The Hall–Kier alpha value is -2.17. The molecule has 2 aromatic rings. The largest absolute Gasteiger partial charge is 0.310 e. The smallest absolute Gasteiger partial charge is 0.230 e. The summed E-state index contributed by atoms with van der Waals surface area (Å²) in [4.78, 5) is 16.3. The summed E-state index contributed by atoms with van der Waals surface area (Å²) in [5, 5.41) is 7.28. The molecule has 0 aromatic carbocycles. The number of amides is 1. The molecule has 106 valence electrons. The summed E-state index contributed by atoms with van der Waals surface area (Å²) in [6.45, 7) is 8.72. The van der Waals surface area contributed by atoms with Crippen molar-refractivity contribution in [1.29, 1.82) is 0 Å². The number of aryl methyl sites for hydroxylation is 3. The number of carbonyl (C=O) groups is 1. The molecule has 0 fully saturated rings. The van der Waals surface area contributed by atoms with Crippen molar-refractivity contribution in [2.75, 3.05) is 5.32 Å². The minimum absolute atomic E-state index is 0.0614. The molecule has 5 heteroatoms. The molecule has 0 unspecified atom stereocenters. The summed E-state index contributed by atoms with van der Waals surface area (Å²) in [6, 6.07) is 3.78. The van der Waals surface area contributed by atoms with Crippen molar-refractivity contribution in [3.05, 3.63) is 40.8 Å². The molecular weight excluding hydrogens is 252 g/mol. The van der Waals surface area contributed by atoms with E-state index in [1.165, 1.54) is 0 Å². The summed E-state index contributed by atoms with van der Waals surface area (Å²) < 4.78 is 1.92. The molecule has 1 amide bonds. The zero-order chi connectivity index (χ0) is 14.7. The summed E-state index contributed by atoms with van der Waals surface area (Å²) >= 11 is 0. The lowest BCUT2D eigenvalue weighted by molar-refractivity contribution is -0.115. The zero-order valence-electron chi connectivity index (χ0n) is 12.4. The van der Waals surface area contributed by atoms with Gasteiger partial charge in [0.1, 0.15) is 5.82 Å². The highest BCUT2D eigenvalue weighted by Crippen LogP contribution is 2.15. The Bertz CT molecular complexity index is 631. The van der Waals surface area contributed by atoms with Crippen LogP contribution in [0.3, 0.4) is 0 Å². The quantitative estimate of drug-likeness (QED) is 0.929. The highest BCUT2D eigenvalue weighted by atomic mass is 16.1. The van der Waals surface area contributed by atoms with Crippen LogP contribution in [-0.2, 0) is 17.8 Å². The van der Waals surface area contributed by atoms with Gasteiger partial charge in [0.15, 0.2) is 0 Å². The van der Waals surface area contributed by atoms with Crippen LogP contribution in [0.15, 0.2) is 18.3 Å². The molecule has 2 rings (SSSR count). The molecule has 2 heterocycles. The lowest BCUT2D eigenvalue weighted by Crippen LogP contribution is -2.17. The topological polar surface area (TPSA) is 59.8 Å². The first-order valence-electron chi connectivity index (χ1n) is 6.77. The second-order valence-corrected chi connectivity index (χ2v) is 4.86. The first-order chi connectivity index (χ1) is 9.52. The normalized spacial score (nSPS) is 10.6. The maximum atomic E-state index is 12.1. The lowest BCUT2D eigenvalue weighted by atomic mass is 10.1. The van der Waals surface area contributed by atoms with E-state index >= 15 is 0 Å². The maximum Gasteiger partial charge on any atom is 0.230 e. The monoisotopic (exact) mass is 272 g/mol. The van der Waals surface area contributed by atoms with E-state index in [1.54, 1.807) is 6.20 Å². The van der Waals surface area contributed by atoms with Crippen molar-refractivity contribution in [3.8, 4) is 0 Å². The van der Waals surface area contributed by atoms with Gasteiger partial charge in [0.25, 0.3) is 0 Å². The zero-order valence-corrected chi connectivity index (χ0v) is 12.4. The molecule has 2 aromatic heterocycles. The SMILES string of the molecule is CCn1nc(C)c(CC(=O)Nc2ncccc2C)c1C. The van der Waals surface area contributed by atoms with Crippen LogP contribution in [0, 0.1) is 20.8 Å². The predicted octanol–water partition coefficient (Wildman–Crippen LogP) is 2.40. The highest BCUT2D eigenvalue weighted by Gasteiger charge is 2.15. The molecule has 0 saturated heterocycles. The van der Waals surface area contributed by atoms with Crippen LogP contribution in [0.4, 0.5) is 5.82 Å². The first-order valence-corrected chi connectivity index (χ1v) is 6.77. The van der Waals surface area contributed by atoms with Crippen molar-refractivity contribution in [3.63, 3.8) is 0 Å². The van der Waals surface area contributed by atoms with Crippen LogP contribution in [0.2, 0.25) is 0 Å². The Morgan fingerprint density at radius 3 is 2.70 bits per heavy atom. The Balaban J connectivity index is 2.13. The molecular formula is C15H20N4O. The summed E-state index contributed by atoms with van der Waals surface area (Å²) in [5.74, 6) is 0.560. The van der Waals surface area contributed by atoms with Gasteiger partial charge in [-0.3, -0.25) is 9.48 Å². The second kappa shape index (κ2) is 5.86. The van der Waals surface area contributed by atoms with Crippen molar-refractivity contribution >= 4 is 11.7 Å². The molecule has 0 aliphatic heterocycles. The van der Waals surface area contributed by atoms with E-state index in [0.717, 1.165) is 29.1 Å². The predicted molar refractivity (Wildman–Crippen MR) is 78.7 cm³/mol. The van der Waals surface area contributed by atoms with Gasteiger partial charge in [0.2, 0.25) is 5.91 Å². The molecule has 0 radical (unpaired) electrons. The van der Waals surface area contributed by atoms with Crippen molar-refractivity contribution in [2.24, 2.45) is 0 Å². The number of pyridine rings is 1. The fourth-order valence-corrected chi connectivity index (χ4v) is 2.25. The Morgan fingerprint density at radius 1 is 1.35 bits per heavy atom. The van der Waals surface area contributed by atoms with Crippen LogP contribution in [0.25, 0.3) is 0 Å². The number of aromatic nitrogens is 3. The fourth-order valence-electron chi connectivity index (χ4n) is 2.25. The molecule has 0 spiro atoms. The van der Waals surface area contributed by atoms with Gasteiger partial charge in [-0.1, -0.05) is 6.07 Å². The molecule has 1 N–H and O–H groups in total. The van der Waals surface area contributed by atoms with Gasteiger partial charge in [0.05, 0.1) is 12.1 Å². The molecule has 0 aliphatic rings. The highest BCUT2D eigenvalue weighted by molar-refractivity contribution is 5.92. The molecule has 0 atom stereocenters. The van der Waals surface area contributed by atoms with Crippen LogP contribution < -0.4 is 5.32 Å². The van der Waals surface area contributed by atoms with E-state index in [2.05, 4.69) is 15.4 Å². The van der Waals surface area contributed by atoms with Crippen molar-refractivity contribution in [1.82, 2.24) is 14.8 Å². The third-order valence-corrected chi connectivity index (χ3v) is 3.44. The second-order valence-electron chi connectivity index (χ2n) is 4.86. The summed E-state index contributed by atoms with van der Waals surface area (Å²) in [7, 11) is 0. The Kier molecular flexibility index (Phi) is 4.17. The number of hydrogen-bond acceptors (Lipinski definition) is 3. The molecule has 0 aliphatic carbocycles. The Labute approximate surface area is 119 Å². The average Bonchev–Trinajstić information content (AvgIpc) is 2.69. The van der Waals surface area contributed by atoms with Crippen molar-refractivity contribution in [2.45, 2.75) is 40.7 Å². The maximum absolute atomic E-state index is 12.1. The molecule has 20 heavy (non-hydrogen) atoms. The lowest BCUT2D eigenvalue weighted by Gasteiger charge is -2.07. The molecule has 0 saturated carbocycles. The number of anilines is 1. The van der Waals surface area contributed by atoms with Gasteiger partial charge in [0, 0.05) is 24.0 Å². The van der Waals surface area contributed by atoms with Crippen LogP contribution in [0.5, 0.6) is 0 Å². The van der Waals surface area contributed by atoms with E-state index in [-0.39, 0.29) is 5.91 Å². The standard InChI is InChI=1S/C15H20N4O/c1-5-19-12(4)13(11(3)18-19)9-14(20)17-15-10(2)7-6-8-16-15/h6-8H,5,9H2,1-4H3,(H,16,17,20). The fraction of sp³-hybridized carbons (Fsp3) is 0.400. The summed E-state index contributed by atoms with van der Waals surface area (Å²) in [6.07, 6.45) is 2.00. The number of rotatable bonds is 4. The van der Waals surface area contributed by atoms with Gasteiger partial charge >= 0.3 is 0 Å². The van der Waals surface area contributed by atoms with E-state index < -0.39 is 0 Å². The van der Waals surface area contributed by atoms with E-state index in [9.17, 15) is 4.79 Å². The van der Waals surface area contributed by atoms with Gasteiger partial charge in [-0.25, -0.2) is 4.98 Å². The van der Waals surface area contributed by atoms with E-state index in [0.29, 0.717) is 12.2 Å². The van der Waals surface area contributed by atoms with Gasteiger partial charge in [-0.05, 0) is 39.3 Å². The van der Waals surface area contributed by atoms with Gasteiger partial charge < -0.3 is 5.32 Å². The number of nitrogens with zero attached hydrogens (tertiary/aromatic N) is 3. The third kappa shape index (κ3) is 2.87. The van der Waals surface area contributed by atoms with Gasteiger partial charge in [-0.15, -0.1) is 0 Å².